The molecule has 0 aliphatic carbocycles. The van der Waals surface area contributed by atoms with Gasteiger partial charge >= 0.3 is 5.00 Å². The Balaban J connectivity index is 2.05. The summed E-state index contributed by atoms with van der Waals surface area (Å²) in [7, 11) is 0. The lowest BCUT2D eigenvalue weighted by molar-refractivity contribution is -0.380. The molecule has 0 spiro atoms. The Labute approximate surface area is 167 Å². The maximum atomic E-state index is 12.5. The second-order valence-electron chi connectivity index (χ2n) is 5.40. The average molecular weight is 424 g/mol. The normalized spacial score (nSPS) is 11.9. The number of thioether (sulfide) groups is 1. The molecular weight excluding hydrogens is 406 g/mol. The van der Waals surface area contributed by atoms with Crippen molar-refractivity contribution >= 4 is 55.6 Å². The molecule has 0 saturated heterocycles. The largest absolute Gasteiger partial charge is 0.494 e. The number of nitrogens with zero attached hydrogens (tertiary/aromatic N) is 3. The van der Waals surface area contributed by atoms with Crippen molar-refractivity contribution in [1.82, 2.24) is 4.57 Å². The first kappa shape index (κ1) is 19.6. The van der Waals surface area contributed by atoms with E-state index < -0.39 is 10.8 Å². The Morgan fingerprint density at radius 2 is 2.15 bits per heavy atom. The Morgan fingerprint density at radius 3 is 2.81 bits per heavy atom. The number of fused-ring (bicyclic) bond motifs is 1. The topological polar surface area (TPSA) is 86.7 Å². The molecular formula is C17H17N3O4S3. The second-order valence-corrected chi connectivity index (χ2v) is 8.46. The van der Waals surface area contributed by atoms with Gasteiger partial charge in [-0.1, -0.05) is 22.7 Å². The predicted octanol–water partition coefficient (Wildman–Crippen LogP) is 4.18. The number of hydrogen-bond acceptors (Lipinski definition) is 7. The van der Waals surface area contributed by atoms with Gasteiger partial charge in [0.15, 0.2) is 4.80 Å². The number of nitro groups is 1. The summed E-state index contributed by atoms with van der Waals surface area (Å²) in [6.07, 6.45) is 2.02. The van der Waals surface area contributed by atoms with E-state index in [1.54, 1.807) is 11.8 Å². The quantitative estimate of drug-likeness (QED) is 0.420. The van der Waals surface area contributed by atoms with Crippen molar-refractivity contribution in [2.45, 2.75) is 13.5 Å². The number of hydrogen-bond donors (Lipinski definition) is 0. The maximum Gasteiger partial charge on any atom is 0.324 e. The van der Waals surface area contributed by atoms with Gasteiger partial charge in [0.1, 0.15) is 10.6 Å². The van der Waals surface area contributed by atoms with Crippen molar-refractivity contribution in [1.29, 1.82) is 0 Å². The molecule has 2 heterocycles. The zero-order valence-corrected chi connectivity index (χ0v) is 17.2. The maximum absolute atomic E-state index is 12.5. The van der Waals surface area contributed by atoms with Crippen LogP contribution in [-0.4, -0.2) is 34.0 Å². The van der Waals surface area contributed by atoms with Gasteiger partial charge < -0.3 is 9.30 Å². The van der Waals surface area contributed by atoms with Crippen LogP contribution in [0.5, 0.6) is 5.75 Å². The van der Waals surface area contributed by atoms with Gasteiger partial charge in [0, 0.05) is 18.4 Å². The van der Waals surface area contributed by atoms with Crippen molar-refractivity contribution in [3.8, 4) is 5.75 Å². The minimum absolute atomic E-state index is 0.0680. The van der Waals surface area contributed by atoms with Gasteiger partial charge in [-0.2, -0.15) is 16.8 Å². The first-order valence-corrected chi connectivity index (χ1v) is 11.1. The molecule has 0 unspecified atom stereocenters. The molecule has 0 fully saturated rings. The van der Waals surface area contributed by atoms with E-state index in [-0.39, 0.29) is 9.88 Å². The molecule has 0 atom stereocenters. The van der Waals surface area contributed by atoms with E-state index in [1.807, 2.05) is 35.9 Å². The third kappa shape index (κ3) is 4.40. The van der Waals surface area contributed by atoms with Gasteiger partial charge in [0.05, 0.1) is 21.7 Å². The summed E-state index contributed by atoms with van der Waals surface area (Å²) < 4.78 is 8.54. The fourth-order valence-corrected chi connectivity index (χ4v) is 4.63. The summed E-state index contributed by atoms with van der Waals surface area (Å²) in [5.74, 6) is 1.18. The van der Waals surface area contributed by atoms with Gasteiger partial charge in [-0.25, -0.2) is 0 Å². The Bertz CT molecular complexity index is 1050. The fraction of sp³-hybridized carbons (Fsp3) is 0.294. The summed E-state index contributed by atoms with van der Waals surface area (Å²) in [4.78, 5) is 27.9. The van der Waals surface area contributed by atoms with Crippen LogP contribution in [0.4, 0.5) is 5.00 Å². The molecule has 0 radical (unpaired) electrons. The van der Waals surface area contributed by atoms with Gasteiger partial charge in [0.25, 0.3) is 5.91 Å². The fourth-order valence-electron chi connectivity index (χ4n) is 2.48. The molecule has 0 aliphatic rings. The van der Waals surface area contributed by atoms with Crippen LogP contribution in [0.1, 0.15) is 16.6 Å². The second kappa shape index (κ2) is 8.68. The van der Waals surface area contributed by atoms with Crippen LogP contribution in [-0.2, 0) is 6.54 Å². The molecule has 10 heteroatoms. The lowest BCUT2D eigenvalue weighted by Gasteiger charge is -2.05. The monoisotopic (exact) mass is 423 g/mol. The number of thiazole rings is 1. The van der Waals surface area contributed by atoms with Gasteiger partial charge in [0.2, 0.25) is 0 Å². The van der Waals surface area contributed by atoms with Gasteiger partial charge in [-0.05, 0) is 37.4 Å². The molecule has 0 N–H and O–H groups in total. The van der Waals surface area contributed by atoms with Crippen LogP contribution in [0.25, 0.3) is 10.2 Å². The van der Waals surface area contributed by atoms with Crippen molar-refractivity contribution in [3.05, 3.63) is 50.1 Å². The Kier molecular flexibility index (Phi) is 6.30. The molecule has 0 bridgehead atoms. The minimum Gasteiger partial charge on any atom is -0.494 e. The van der Waals surface area contributed by atoms with Crippen LogP contribution >= 0.6 is 34.4 Å². The number of aromatic nitrogens is 1. The van der Waals surface area contributed by atoms with E-state index in [0.717, 1.165) is 33.1 Å². The number of amides is 1. The van der Waals surface area contributed by atoms with Crippen molar-refractivity contribution < 1.29 is 14.5 Å². The lowest BCUT2D eigenvalue weighted by Crippen LogP contribution is -2.18. The zero-order valence-electron chi connectivity index (χ0n) is 14.7. The van der Waals surface area contributed by atoms with E-state index in [2.05, 4.69) is 4.99 Å². The van der Waals surface area contributed by atoms with Crippen LogP contribution in [0.3, 0.4) is 0 Å². The first-order chi connectivity index (χ1) is 13.0. The third-order valence-electron chi connectivity index (χ3n) is 3.66. The highest BCUT2D eigenvalue weighted by Gasteiger charge is 2.16. The van der Waals surface area contributed by atoms with E-state index in [4.69, 9.17) is 4.74 Å². The standard InChI is InChI=1S/C17H17N3O4S3/c1-3-24-11-4-5-12-14(10-11)27-17(19(12)8-9-25-2)18-16(21)13-6-7-15(26-13)20(22)23/h4-7,10H,3,8-9H2,1-2H3. The molecule has 3 aromatic rings. The molecule has 3 rings (SSSR count). The average Bonchev–Trinajstić information content (AvgIpc) is 3.25. The molecule has 1 amide bonds. The van der Waals surface area contributed by atoms with Crippen LogP contribution in [0.2, 0.25) is 0 Å². The Hall–Kier alpha value is -2.17. The highest BCUT2D eigenvalue weighted by Crippen LogP contribution is 2.26. The van der Waals surface area contributed by atoms with Crippen molar-refractivity contribution in [3.63, 3.8) is 0 Å². The minimum atomic E-state index is -0.505. The molecule has 142 valence electrons. The number of thiophene rings is 1. The van der Waals surface area contributed by atoms with Crippen LogP contribution in [0, 0.1) is 10.1 Å². The summed E-state index contributed by atoms with van der Waals surface area (Å²) in [6.45, 7) is 3.22. The van der Waals surface area contributed by atoms with Crippen LogP contribution in [0.15, 0.2) is 35.3 Å². The molecule has 7 nitrogen and oxygen atoms in total. The smallest absolute Gasteiger partial charge is 0.324 e. The Morgan fingerprint density at radius 1 is 1.33 bits per heavy atom. The van der Waals surface area contributed by atoms with E-state index in [9.17, 15) is 14.9 Å². The van der Waals surface area contributed by atoms with Crippen LogP contribution < -0.4 is 9.54 Å². The van der Waals surface area contributed by atoms with E-state index in [0.29, 0.717) is 18.0 Å². The number of rotatable bonds is 7. The number of carbonyl (C=O) groups is 1. The summed E-state index contributed by atoms with van der Waals surface area (Å²) in [5.41, 5.74) is 0.987. The number of aryl methyl sites for hydroxylation is 1. The SMILES string of the molecule is CCOc1ccc2c(c1)sc(=NC(=O)c1ccc([N+](=O)[O-])s1)n2CCSC. The van der Waals surface area contributed by atoms with Gasteiger partial charge in [-0.15, -0.1) is 0 Å². The third-order valence-corrected chi connectivity index (χ3v) is 6.32. The highest BCUT2D eigenvalue weighted by molar-refractivity contribution is 7.98. The molecule has 0 saturated carbocycles. The summed E-state index contributed by atoms with van der Waals surface area (Å²) >= 11 is 3.95. The zero-order chi connectivity index (χ0) is 19.4. The van der Waals surface area contributed by atoms with E-state index >= 15 is 0 Å². The summed E-state index contributed by atoms with van der Waals surface area (Å²) in [6, 6.07) is 8.59. The van der Waals surface area contributed by atoms with Crippen molar-refractivity contribution in [2.24, 2.45) is 4.99 Å². The molecule has 1 aromatic carbocycles. The number of ether oxygens (including phenoxy) is 1. The predicted molar refractivity (Wildman–Crippen MR) is 110 cm³/mol. The van der Waals surface area contributed by atoms with Gasteiger partial charge in [-0.3, -0.25) is 14.9 Å². The highest BCUT2D eigenvalue weighted by atomic mass is 32.2. The lowest BCUT2D eigenvalue weighted by atomic mass is 10.3. The number of benzene rings is 1. The molecule has 2 aromatic heterocycles. The number of carbonyl (C=O) groups excluding carboxylic acids is 1. The van der Waals surface area contributed by atoms with Crippen molar-refractivity contribution in [2.75, 3.05) is 18.6 Å². The molecule has 0 aliphatic heterocycles. The van der Waals surface area contributed by atoms with E-state index in [1.165, 1.54) is 23.5 Å². The molecule has 27 heavy (non-hydrogen) atoms. The first-order valence-electron chi connectivity index (χ1n) is 8.12. The summed E-state index contributed by atoms with van der Waals surface area (Å²) in [5, 5.41) is 10.8.